The van der Waals surface area contributed by atoms with E-state index in [1.165, 1.54) is 83.5 Å². The molecule has 0 radical (unpaired) electrons. The number of carbonyl (C=O) groups is 2. The lowest BCUT2D eigenvalue weighted by atomic mass is 10.1. The van der Waals surface area contributed by atoms with Crippen LogP contribution in [0.1, 0.15) is 233 Å². The van der Waals surface area contributed by atoms with Crippen molar-refractivity contribution < 1.29 is 38.4 Å². The van der Waals surface area contributed by atoms with E-state index in [0.717, 1.165) is 129 Å². The van der Waals surface area contributed by atoms with Crippen molar-refractivity contribution >= 4 is 11.9 Å². The molecule has 0 aliphatic carbocycles. The predicted octanol–water partition coefficient (Wildman–Crippen LogP) is 12.7. The Morgan fingerprint density at radius 3 is 1.20 bits per heavy atom. The maximum Gasteiger partial charge on any atom is 0.306 e. The van der Waals surface area contributed by atoms with E-state index >= 15 is 0 Å². The summed E-state index contributed by atoms with van der Waals surface area (Å²) in [7, 11) is 0. The first-order valence-electron chi connectivity index (χ1n) is 25.4. The second-order valence-electron chi connectivity index (χ2n) is 17.3. The summed E-state index contributed by atoms with van der Waals surface area (Å²) in [5.41, 5.74) is -0.925. The topological polar surface area (TPSA) is 104 Å². The molecular formula is C50H99NO8. The molecule has 0 unspecified atom stereocenters. The minimum absolute atomic E-state index is 0.0548. The lowest BCUT2D eigenvalue weighted by Gasteiger charge is -2.33. The van der Waals surface area contributed by atoms with Crippen molar-refractivity contribution in [3.8, 4) is 0 Å². The van der Waals surface area contributed by atoms with E-state index in [-0.39, 0.29) is 18.5 Å². The molecule has 0 aromatic rings. The van der Waals surface area contributed by atoms with Gasteiger partial charge in [-0.2, -0.15) is 0 Å². The van der Waals surface area contributed by atoms with Gasteiger partial charge in [0, 0.05) is 45.8 Å². The molecule has 0 aromatic heterocycles. The van der Waals surface area contributed by atoms with Crippen molar-refractivity contribution in [3.63, 3.8) is 0 Å². The monoisotopic (exact) mass is 842 g/mol. The van der Waals surface area contributed by atoms with Gasteiger partial charge in [-0.3, -0.25) is 9.59 Å². The molecule has 9 heteroatoms. The number of rotatable bonds is 49. The van der Waals surface area contributed by atoms with E-state index in [2.05, 4.69) is 32.6 Å². The molecule has 0 atom stereocenters. The molecule has 1 N–H and O–H groups in total. The maximum atomic E-state index is 13.3. The number of carbonyl (C=O) groups excluding carboxylic acids is 2. The SMILES string of the molecule is CCCCCCCCCCCOC(=O)CCCCCN(CCCO)CCCCCCCC(=O)OC(COCCCCCC)(COCCCCCC)COCCCCCC. The standard InChI is InChI=1S/C50H99NO8/c1-5-9-13-17-18-19-20-24-33-44-58-48(53)35-27-25-29-38-51(39-34-40-52)37-28-23-21-22-26-36-49(54)59-50(45-55-41-30-14-10-6-2,46-56-42-31-15-11-7-3)47-57-43-32-16-12-8-4/h52H,5-47H2,1-4H3. The van der Waals surface area contributed by atoms with Gasteiger partial charge in [0.25, 0.3) is 0 Å². The summed E-state index contributed by atoms with van der Waals surface area (Å²) < 4.78 is 30.2. The third-order valence-electron chi connectivity index (χ3n) is 11.2. The van der Waals surface area contributed by atoms with Crippen LogP contribution >= 0.6 is 0 Å². The first kappa shape index (κ1) is 57.7. The first-order chi connectivity index (χ1) is 29.0. The highest BCUT2D eigenvalue weighted by Gasteiger charge is 2.36. The van der Waals surface area contributed by atoms with Crippen LogP contribution in [-0.4, -0.2) is 100 Å². The normalized spacial score (nSPS) is 11.8. The van der Waals surface area contributed by atoms with Gasteiger partial charge in [-0.25, -0.2) is 0 Å². The van der Waals surface area contributed by atoms with Crippen LogP contribution in [0.3, 0.4) is 0 Å². The van der Waals surface area contributed by atoms with Gasteiger partial charge in [-0.05, 0) is 70.9 Å². The number of esters is 2. The highest BCUT2D eigenvalue weighted by molar-refractivity contribution is 5.70. The molecule has 0 bridgehead atoms. The fraction of sp³-hybridized carbons (Fsp3) is 0.960. The molecule has 9 nitrogen and oxygen atoms in total. The van der Waals surface area contributed by atoms with Crippen LogP contribution in [0, 0.1) is 0 Å². The predicted molar refractivity (Wildman–Crippen MR) is 246 cm³/mol. The summed E-state index contributed by atoms with van der Waals surface area (Å²) in [6.45, 7) is 15.4. The number of ether oxygens (including phenoxy) is 5. The first-order valence-corrected chi connectivity index (χ1v) is 25.4. The summed E-state index contributed by atoms with van der Waals surface area (Å²) in [5, 5.41) is 9.45. The van der Waals surface area contributed by atoms with Gasteiger partial charge in [0.2, 0.25) is 0 Å². The molecule has 0 aliphatic rings. The van der Waals surface area contributed by atoms with Gasteiger partial charge in [-0.1, -0.05) is 163 Å². The van der Waals surface area contributed by atoms with Gasteiger partial charge >= 0.3 is 11.9 Å². The Balaban J connectivity index is 4.59. The fourth-order valence-electron chi connectivity index (χ4n) is 7.39. The molecule has 0 heterocycles. The Labute approximate surface area is 365 Å². The van der Waals surface area contributed by atoms with E-state index in [1.807, 2.05) is 0 Å². The molecule has 352 valence electrons. The number of hydrogen-bond acceptors (Lipinski definition) is 9. The second-order valence-corrected chi connectivity index (χ2v) is 17.3. The lowest BCUT2D eigenvalue weighted by molar-refractivity contribution is -0.188. The van der Waals surface area contributed by atoms with Crippen LogP contribution in [0.4, 0.5) is 0 Å². The van der Waals surface area contributed by atoms with Crippen molar-refractivity contribution in [2.45, 2.75) is 239 Å². The smallest absolute Gasteiger partial charge is 0.306 e. The summed E-state index contributed by atoms with van der Waals surface area (Å²) in [5.74, 6) is -0.244. The Morgan fingerprint density at radius 2 is 0.746 bits per heavy atom. The van der Waals surface area contributed by atoms with Gasteiger partial charge in [0.15, 0.2) is 5.60 Å². The van der Waals surface area contributed by atoms with Gasteiger partial charge in [0.05, 0.1) is 26.4 Å². The molecule has 0 amide bonds. The van der Waals surface area contributed by atoms with Crippen molar-refractivity contribution in [3.05, 3.63) is 0 Å². The van der Waals surface area contributed by atoms with E-state index in [4.69, 9.17) is 23.7 Å². The average Bonchev–Trinajstić information content (AvgIpc) is 3.23. The zero-order valence-corrected chi connectivity index (χ0v) is 39.7. The van der Waals surface area contributed by atoms with Crippen LogP contribution in [0.15, 0.2) is 0 Å². The zero-order valence-electron chi connectivity index (χ0n) is 39.7. The highest BCUT2D eigenvalue weighted by Crippen LogP contribution is 2.19. The molecule has 0 fully saturated rings. The Hall–Kier alpha value is -1.26. The summed E-state index contributed by atoms with van der Waals surface area (Å²) in [6.07, 6.45) is 34.7. The van der Waals surface area contributed by atoms with E-state index in [9.17, 15) is 14.7 Å². The van der Waals surface area contributed by atoms with Crippen molar-refractivity contribution in [1.82, 2.24) is 4.90 Å². The Kier molecular flexibility index (Phi) is 45.3. The fourth-order valence-corrected chi connectivity index (χ4v) is 7.39. The minimum atomic E-state index is -0.925. The molecular weight excluding hydrogens is 743 g/mol. The van der Waals surface area contributed by atoms with E-state index < -0.39 is 5.60 Å². The molecule has 0 spiro atoms. The van der Waals surface area contributed by atoms with E-state index in [0.29, 0.717) is 59.1 Å². The molecule has 0 aliphatic heterocycles. The maximum absolute atomic E-state index is 13.3. The molecule has 0 saturated heterocycles. The Morgan fingerprint density at radius 1 is 0.407 bits per heavy atom. The Bertz CT molecular complexity index is 833. The molecule has 0 aromatic carbocycles. The zero-order chi connectivity index (χ0) is 43.2. The molecule has 59 heavy (non-hydrogen) atoms. The average molecular weight is 842 g/mol. The van der Waals surface area contributed by atoms with Crippen LogP contribution < -0.4 is 0 Å². The van der Waals surface area contributed by atoms with Crippen LogP contribution in [0.25, 0.3) is 0 Å². The lowest BCUT2D eigenvalue weighted by Crippen LogP contribution is -2.49. The van der Waals surface area contributed by atoms with Crippen molar-refractivity contribution in [1.29, 1.82) is 0 Å². The van der Waals surface area contributed by atoms with Crippen LogP contribution in [0.2, 0.25) is 0 Å². The van der Waals surface area contributed by atoms with Crippen LogP contribution in [-0.2, 0) is 33.3 Å². The van der Waals surface area contributed by atoms with Gasteiger partial charge in [0.1, 0.15) is 0 Å². The van der Waals surface area contributed by atoms with Gasteiger partial charge < -0.3 is 33.7 Å². The molecule has 0 rings (SSSR count). The largest absolute Gasteiger partial charge is 0.466 e. The number of unbranched alkanes of at least 4 members (excludes halogenated alkanes) is 23. The number of nitrogens with zero attached hydrogens (tertiary/aromatic N) is 1. The van der Waals surface area contributed by atoms with Crippen LogP contribution in [0.5, 0.6) is 0 Å². The van der Waals surface area contributed by atoms with Crippen molar-refractivity contribution in [2.24, 2.45) is 0 Å². The number of aliphatic hydroxyl groups excluding tert-OH is 1. The van der Waals surface area contributed by atoms with Gasteiger partial charge in [-0.15, -0.1) is 0 Å². The second kappa shape index (κ2) is 46.2. The third kappa shape index (κ3) is 40.6. The van der Waals surface area contributed by atoms with E-state index in [1.54, 1.807) is 0 Å². The quantitative estimate of drug-likeness (QED) is 0.0473. The third-order valence-corrected chi connectivity index (χ3v) is 11.2. The number of hydrogen-bond donors (Lipinski definition) is 1. The molecule has 0 saturated carbocycles. The van der Waals surface area contributed by atoms with Crippen molar-refractivity contribution in [2.75, 3.05) is 72.5 Å². The minimum Gasteiger partial charge on any atom is -0.466 e. The summed E-state index contributed by atoms with van der Waals surface area (Å²) >= 11 is 0. The summed E-state index contributed by atoms with van der Waals surface area (Å²) in [4.78, 5) is 28.0. The summed E-state index contributed by atoms with van der Waals surface area (Å²) in [6, 6.07) is 0. The highest BCUT2D eigenvalue weighted by atomic mass is 16.6. The number of aliphatic hydroxyl groups is 1.